The first-order valence-electron chi connectivity index (χ1n) is 9.17. The molecule has 3 N–H and O–H groups in total. The van der Waals surface area contributed by atoms with Gasteiger partial charge in [-0.3, -0.25) is 10.1 Å². The number of rotatable bonds is 4. The lowest BCUT2D eigenvalue weighted by Gasteiger charge is -2.09. The molecule has 5 aromatic rings. The van der Waals surface area contributed by atoms with Gasteiger partial charge in [0.2, 0.25) is 0 Å². The van der Waals surface area contributed by atoms with E-state index in [4.69, 9.17) is 15.5 Å². The summed E-state index contributed by atoms with van der Waals surface area (Å²) in [6, 6.07) is 25.1. The van der Waals surface area contributed by atoms with E-state index >= 15 is 0 Å². The Morgan fingerprint density at radius 1 is 0.793 bits per heavy atom. The van der Waals surface area contributed by atoms with Crippen molar-refractivity contribution in [3.05, 3.63) is 85.1 Å². The van der Waals surface area contributed by atoms with E-state index in [-0.39, 0.29) is 0 Å². The SMILES string of the molecule is Nc1n[nH]c2cc(-c3ccccn3)nc(-c3ccc(Oc4ccccc4)cc3)c12. The van der Waals surface area contributed by atoms with Gasteiger partial charge in [0, 0.05) is 11.8 Å². The van der Waals surface area contributed by atoms with Crippen molar-refractivity contribution in [1.29, 1.82) is 0 Å². The smallest absolute Gasteiger partial charge is 0.155 e. The van der Waals surface area contributed by atoms with Crippen molar-refractivity contribution in [2.45, 2.75) is 0 Å². The molecule has 6 heteroatoms. The Kier molecular flexibility index (Phi) is 4.14. The maximum absolute atomic E-state index is 6.11. The van der Waals surface area contributed by atoms with Crippen molar-refractivity contribution < 1.29 is 4.74 Å². The van der Waals surface area contributed by atoms with Gasteiger partial charge in [-0.15, -0.1) is 0 Å². The largest absolute Gasteiger partial charge is 0.457 e. The molecule has 0 aliphatic rings. The molecule has 3 heterocycles. The molecule has 2 aromatic carbocycles. The highest BCUT2D eigenvalue weighted by Crippen LogP contribution is 2.34. The highest BCUT2D eigenvalue weighted by atomic mass is 16.5. The highest BCUT2D eigenvalue weighted by Gasteiger charge is 2.15. The van der Waals surface area contributed by atoms with Crippen molar-refractivity contribution in [3.63, 3.8) is 0 Å². The van der Waals surface area contributed by atoms with Gasteiger partial charge in [0.1, 0.15) is 11.5 Å². The van der Waals surface area contributed by atoms with E-state index in [0.29, 0.717) is 5.82 Å². The van der Waals surface area contributed by atoms with E-state index in [1.54, 1.807) is 6.20 Å². The molecule has 29 heavy (non-hydrogen) atoms. The van der Waals surface area contributed by atoms with Crippen LogP contribution in [0.3, 0.4) is 0 Å². The maximum atomic E-state index is 6.11. The summed E-state index contributed by atoms with van der Waals surface area (Å²) in [5, 5.41) is 7.94. The molecular formula is C23H17N5O. The fourth-order valence-corrected chi connectivity index (χ4v) is 3.23. The van der Waals surface area contributed by atoms with Gasteiger partial charge >= 0.3 is 0 Å². The van der Waals surface area contributed by atoms with Crippen LogP contribution in [-0.4, -0.2) is 20.2 Å². The lowest BCUT2D eigenvalue weighted by Crippen LogP contribution is -1.94. The predicted molar refractivity (Wildman–Crippen MR) is 113 cm³/mol. The number of aromatic amines is 1. The van der Waals surface area contributed by atoms with Gasteiger partial charge in [-0.2, -0.15) is 5.10 Å². The fourth-order valence-electron chi connectivity index (χ4n) is 3.23. The minimum Gasteiger partial charge on any atom is -0.457 e. The van der Waals surface area contributed by atoms with Crippen LogP contribution in [0.25, 0.3) is 33.5 Å². The Balaban J connectivity index is 1.58. The number of nitrogen functional groups attached to an aromatic ring is 1. The zero-order valence-electron chi connectivity index (χ0n) is 15.4. The zero-order valence-corrected chi connectivity index (χ0v) is 15.4. The van der Waals surface area contributed by atoms with Crippen molar-refractivity contribution >= 4 is 16.7 Å². The summed E-state index contributed by atoms with van der Waals surface area (Å²) < 4.78 is 5.88. The van der Waals surface area contributed by atoms with E-state index in [1.807, 2.05) is 78.9 Å². The molecule has 140 valence electrons. The molecule has 0 spiro atoms. The van der Waals surface area contributed by atoms with E-state index in [1.165, 1.54) is 0 Å². The number of nitrogens with zero attached hydrogens (tertiary/aromatic N) is 3. The number of nitrogens with one attached hydrogen (secondary N) is 1. The van der Waals surface area contributed by atoms with Gasteiger partial charge in [0.15, 0.2) is 5.82 Å². The van der Waals surface area contributed by atoms with Gasteiger partial charge in [0.25, 0.3) is 0 Å². The number of H-pyrrole nitrogens is 1. The summed E-state index contributed by atoms with van der Waals surface area (Å²) in [5.41, 5.74) is 10.1. The van der Waals surface area contributed by atoms with Gasteiger partial charge in [0.05, 0.1) is 28.0 Å². The summed E-state index contributed by atoms with van der Waals surface area (Å²) in [5.74, 6) is 1.95. The van der Waals surface area contributed by atoms with Crippen LogP contribution in [0.1, 0.15) is 0 Å². The summed E-state index contributed by atoms with van der Waals surface area (Å²) in [7, 11) is 0. The fraction of sp³-hybridized carbons (Fsp3) is 0. The van der Waals surface area contributed by atoms with Gasteiger partial charge in [-0.1, -0.05) is 24.3 Å². The average molecular weight is 379 g/mol. The number of fused-ring (bicyclic) bond motifs is 1. The number of hydrogen-bond donors (Lipinski definition) is 2. The summed E-state index contributed by atoms with van der Waals surface area (Å²) >= 11 is 0. The van der Waals surface area contributed by atoms with Crippen LogP contribution in [0.4, 0.5) is 5.82 Å². The van der Waals surface area contributed by atoms with Crippen molar-refractivity contribution in [3.8, 4) is 34.1 Å². The van der Waals surface area contributed by atoms with Gasteiger partial charge < -0.3 is 10.5 Å². The number of ether oxygens (including phenoxy) is 1. The third-order valence-electron chi connectivity index (χ3n) is 4.61. The maximum Gasteiger partial charge on any atom is 0.155 e. The van der Waals surface area contributed by atoms with E-state index in [2.05, 4.69) is 15.2 Å². The minimum atomic E-state index is 0.416. The van der Waals surface area contributed by atoms with E-state index in [9.17, 15) is 0 Å². The van der Waals surface area contributed by atoms with Crippen LogP contribution >= 0.6 is 0 Å². The molecule has 6 nitrogen and oxygen atoms in total. The van der Waals surface area contributed by atoms with Crippen molar-refractivity contribution in [2.75, 3.05) is 5.73 Å². The molecule has 0 saturated carbocycles. The summed E-state index contributed by atoms with van der Waals surface area (Å²) in [6.07, 6.45) is 1.75. The van der Waals surface area contributed by atoms with E-state index < -0.39 is 0 Å². The second kappa shape index (κ2) is 7.09. The standard InChI is InChI=1S/C23H17N5O/c24-23-21-20(27-28-23)14-19(18-8-4-5-13-25-18)26-22(21)15-9-11-17(12-10-15)29-16-6-2-1-3-7-16/h1-14H,(H3,24,27,28). The lowest BCUT2D eigenvalue weighted by molar-refractivity contribution is 0.483. The Bertz CT molecular complexity index is 1270. The molecule has 0 unspecified atom stereocenters. The van der Waals surface area contributed by atoms with Crippen LogP contribution in [0.5, 0.6) is 11.5 Å². The quantitative estimate of drug-likeness (QED) is 0.455. The molecule has 0 aliphatic carbocycles. The third-order valence-corrected chi connectivity index (χ3v) is 4.61. The number of para-hydroxylation sites is 1. The number of aromatic nitrogens is 4. The Hall–Kier alpha value is -4.19. The molecule has 0 fully saturated rings. The van der Waals surface area contributed by atoms with Crippen LogP contribution < -0.4 is 10.5 Å². The molecule has 0 saturated heterocycles. The first-order valence-corrected chi connectivity index (χ1v) is 9.17. The van der Waals surface area contributed by atoms with Crippen molar-refractivity contribution in [1.82, 2.24) is 20.2 Å². The van der Waals surface area contributed by atoms with Crippen molar-refractivity contribution in [2.24, 2.45) is 0 Å². The molecule has 0 aliphatic heterocycles. The topological polar surface area (TPSA) is 89.7 Å². The van der Waals surface area contributed by atoms with Crippen LogP contribution in [0.2, 0.25) is 0 Å². The number of hydrogen-bond acceptors (Lipinski definition) is 5. The van der Waals surface area contributed by atoms with Gasteiger partial charge in [-0.05, 0) is 54.6 Å². The number of anilines is 1. The molecule has 0 atom stereocenters. The van der Waals surface area contributed by atoms with E-state index in [0.717, 1.165) is 45.0 Å². The Morgan fingerprint density at radius 2 is 1.55 bits per heavy atom. The summed E-state index contributed by atoms with van der Waals surface area (Å²) in [6.45, 7) is 0. The van der Waals surface area contributed by atoms with Gasteiger partial charge in [-0.25, -0.2) is 4.98 Å². The third kappa shape index (κ3) is 3.27. The predicted octanol–water partition coefficient (Wildman–Crippen LogP) is 5.06. The lowest BCUT2D eigenvalue weighted by atomic mass is 10.1. The average Bonchev–Trinajstić information content (AvgIpc) is 3.16. The van der Waals surface area contributed by atoms with Crippen LogP contribution in [0, 0.1) is 0 Å². The first-order chi connectivity index (χ1) is 14.3. The Morgan fingerprint density at radius 3 is 2.31 bits per heavy atom. The minimum absolute atomic E-state index is 0.416. The number of benzene rings is 2. The monoisotopic (exact) mass is 379 g/mol. The summed E-state index contributed by atoms with van der Waals surface area (Å²) in [4.78, 5) is 9.26. The molecule has 3 aromatic heterocycles. The second-order valence-corrected chi connectivity index (χ2v) is 6.54. The number of pyridine rings is 2. The molecule has 0 bridgehead atoms. The molecule has 0 amide bonds. The molecule has 5 rings (SSSR count). The number of nitrogens with two attached hydrogens (primary N) is 1. The van der Waals surface area contributed by atoms with Crippen LogP contribution in [-0.2, 0) is 0 Å². The molecule has 0 radical (unpaired) electrons. The highest BCUT2D eigenvalue weighted by molar-refractivity contribution is 6.01. The molecular weight excluding hydrogens is 362 g/mol. The zero-order chi connectivity index (χ0) is 19.6. The normalized spacial score (nSPS) is 10.9. The Labute approximate surface area is 167 Å². The first kappa shape index (κ1) is 16.9. The second-order valence-electron chi connectivity index (χ2n) is 6.54. The van der Waals surface area contributed by atoms with Crippen LogP contribution in [0.15, 0.2) is 85.1 Å².